The van der Waals surface area contributed by atoms with Gasteiger partial charge in [0.2, 0.25) is 0 Å². The molecule has 1 N–H and O–H groups in total. The van der Waals surface area contributed by atoms with Crippen LogP contribution in [0.5, 0.6) is 0 Å². The Balaban J connectivity index is 1.80. The summed E-state index contributed by atoms with van der Waals surface area (Å²) in [4.78, 5) is 4.48. The molecule has 0 aliphatic heterocycles. The van der Waals surface area contributed by atoms with Crippen LogP contribution in [0.2, 0.25) is 0 Å². The van der Waals surface area contributed by atoms with E-state index in [1.807, 2.05) is 35.8 Å². The van der Waals surface area contributed by atoms with E-state index in [0.717, 1.165) is 22.7 Å². The monoisotopic (exact) mass is 283 g/mol. The lowest BCUT2D eigenvalue weighted by molar-refractivity contribution is 0.266. The van der Waals surface area contributed by atoms with Crippen molar-refractivity contribution in [1.82, 2.24) is 24.3 Å². The molecule has 1 aliphatic rings. The van der Waals surface area contributed by atoms with Crippen molar-refractivity contribution in [2.24, 2.45) is 0 Å². The summed E-state index contributed by atoms with van der Waals surface area (Å²) >= 11 is 0. The third kappa shape index (κ3) is 2.03. The van der Waals surface area contributed by atoms with Gasteiger partial charge in [-0.3, -0.25) is 0 Å². The molecule has 4 rings (SSSR count). The first kappa shape index (κ1) is 12.5. The second-order valence-electron chi connectivity index (χ2n) is 5.53. The van der Waals surface area contributed by atoms with Crippen molar-refractivity contribution in [1.29, 1.82) is 0 Å². The Bertz CT molecular complexity index is 800. The van der Waals surface area contributed by atoms with E-state index in [2.05, 4.69) is 19.7 Å². The van der Waals surface area contributed by atoms with Crippen molar-refractivity contribution in [3.05, 3.63) is 41.7 Å². The number of nitrogens with zero attached hydrogens (tertiary/aromatic N) is 5. The molecule has 0 amide bonds. The Kier molecular flexibility index (Phi) is 2.78. The maximum atomic E-state index is 9.57. The topological polar surface area (TPSA) is 68.8 Å². The minimum atomic E-state index is -0.0781. The van der Waals surface area contributed by atoms with Crippen molar-refractivity contribution in [3.63, 3.8) is 0 Å². The molecule has 0 radical (unpaired) electrons. The number of aryl methyl sites for hydroxylation is 1. The molecule has 1 aromatic carbocycles. The van der Waals surface area contributed by atoms with Crippen molar-refractivity contribution in [2.45, 2.75) is 39.0 Å². The smallest absolute Gasteiger partial charge is 0.153 e. The molecule has 0 saturated heterocycles. The summed E-state index contributed by atoms with van der Waals surface area (Å²) in [7, 11) is 0. The van der Waals surface area contributed by atoms with Gasteiger partial charge in [-0.05, 0) is 31.9 Å². The lowest BCUT2D eigenvalue weighted by Gasteiger charge is -2.10. The average molecular weight is 283 g/mol. The van der Waals surface area contributed by atoms with Gasteiger partial charge in [0.05, 0.1) is 17.6 Å². The van der Waals surface area contributed by atoms with Gasteiger partial charge in [0, 0.05) is 6.04 Å². The first-order valence-electron chi connectivity index (χ1n) is 7.23. The van der Waals surface area contributed by atoms with Crippen LogP contribution in [0.4, 0.5) is 0 Å². The molecule has 1 fully saturated rings. The summed E-state index contributed by atoms with van der Waals surface area (Å²) in [5.41, 5.74) is 1.92. The number of imidazole rings is 1. The molecule has 1 aliphatic carbocycles. The largest absolute Gasteiger partial charge is 0.388 e. The van der Waals surface area contributed by atoms with Gasteiger partial charge in [0.25, 0.3) is 0 Å². The summed E-state index contributed by atoms with van der Waals surface area (Å²) in [6, 6.07) is 8.46. The predicted molar refractivity (Wildman–Crippen MR) is 77.8 cm³/mol. The fourth-order valence-electron chi connectivity index (χ4n) is 2.89. The second kappa shape index (κ2) is 4.66. The number of rotatable bonds is 4. The van der Waals surface area contributed by atoms with Crippen LogP contribution in [0.1, 0.15) is 36.4 Å². The summed E-state index contributed by atoms with van der Waals surface area (Å²) in [5.74, 6) is 2.56. The van der Waals surface area contributed by atoms with Crippen LogP contribution in [0.25, 0.3) is 11.0 Å². The van der Waals surface area contributed by atoms with Crippen LogP contribution in [-0.2, 0) is 13.2 Å². The molecular weight excluding hydrogens is 266 g/mol. The minimum absolute atomic E-state index is 0.0781. The molecule has 2 heterocycles. The SMILES string of the molecule is Cc1nnc(Cn2c(CO)nc3ccccc32)n1C1CC1. The van der Waals surface area contributed by atoms with Gasteiger partial charge in [0.1, 0.15) is 18.3 Å². The van der Waals surface area contributed by atoms with Crippen molar-refractivity contribution < 1.29 is 5.11 Å². The zero-order valence-corrected chi connectivity index (χ0v) is 11.9. The molecule has 21 heavy (non-hydrogen) atoms. The highest BCUT2D eigenvalue weighted by Gasteiger charge is 2.28. The van der Waals surface area contributed by atoms with E-state index in [1.165, 1.54) is 12.8 Å². The van der Waals surface area contributed by atoms with E-state index in [0.29, 0.717) is 18.4 Å². The quantitative estimate of drug-likeness (QED) is 0.793. The molecule has 108 valence electrons. The van der Waals surface area contributed by atoms with E-state index < -0.39 is 0 Å². The Morgan fingerprint density at radius 3 is 2.76 bits per heavy atom. The maximum Gasteiger partial charge on any atom is 0.153 e. The Morgan fingerprint density at radius 2 is 2.00 bits per heavy atom. The molecule has 0 bridgehead atoms. The molecule has 3 aromatic rings. The van der Waals surface area contributed by atoms with Crippen LogP contribution in [-0.4, -0.2) is 29.4 Å². The molecule has 0 atom stereocenters. The normalized spacial score (nSPS) is 15.0. The zero-order valence-electron chi connectivity index (χ0n) is 11.9. The Hall–Kier alpha value is -2.21. The first-order chi connectivity index (χ1) is 10.3. The Morgan fingerprint density at radius 1 is 1.19 bits per heavy atom. The summed E-state index contributed by atoms with van der Waals surface area (Å²) < 4.78 is 4.24. The third-order valence-electron chi connectivity index (χ3n) is 4.02. The number of hydrogen-bond acceptors (Lipinski definition) is 4. The van der Waals surface area contributed by atoms with Gasteiger partial charge in [-0.2, -0.15) is 0 Å². The number of aromatic nitrogens is 5. The van der Waals surface area contributed by atoms with E-state index >= 15 is 0 Å². The fourth-order valence-corrected chi connectivity index (χ4v) is 2.89. The van der Waals surface area contributed by atoms with Crippen LogP contribution < -0.4 is 0 Å². The highest BCUT2D eigenvalue weighted by molar-refractivity contribution is 5.75. The predicted octanol–water partition coefficient (Wildman–Crippen LogP) is 1.81. The molecule has 2 aromatic heterocycles. The number of fused-ring (bicyclic) bond motifs is 1. The number of para-hydroxylation sites is 2. The van der Waals surface area contributed by atoms with Crippen LogP contribution >= 0.6 is 0 Å². The average Bonchev–Trinajstić information content (AvgIpc) is 3.18. The van der Waals surface area contributed by atoms with Crippen LogP contribution in [0.15, 0.2) is 24.3 Å². The molecular formula is C15H17N5O. The van der Waals surface area contributed by atoms with E-state index in [-0.39, 0.29) is 6.61 Å². The standard InChI is InChI=1S/C15H17N5O/c1-10-17-18-14(20(10)11-6-7-11)8-19-13-5-3-2-4-12(13)16-15(19)9-21/h2-5,11,21H,6-9H2,1H3. The van der Waals surface area contributed by atoms with E-state index in [4.69, 9.17) is 0 Å². The number of hydrogen-bond donors (Lipinski definition) is 1. The molecule has 6 nitrogen and oxygen atoms in total. The van der Waals surface area contributed by atoms with Gasteiger partial charge in [-0.15, -0.1) is 10.2 Å². The van der Waals surface area contributed by atoms with Gasteiger partial charge in [-0.1, -0.05) is 12.1 Å². The minimum Gasteiger partial charge on any atom is -0.388 e. The van der Waals surface area contributed by atoms with Crippen molar-refractivity contribution in [3.8, 4) is 0 Å². The molecule has 0 unspecified atom stereocenters. The lowest BCUT2D eigenvalue weighted by Crippen LogP contribution is -2.11. The van der Waals surface area contributed by atoms with E-state index in [1.54, 1.807) is 0 Å². The maximum absolute atomic E-state index is 9.57. The molecule has 6 heteroatoms. The van der Waals surface area contributed by atoms with Gasteiger partial charge < -0.3 is 14.2 Å². The van der Waals surface area contributed by atoms with Gasteiger partial charge in [0.15, 0.2) is 5.82 Å². The van der Waals surface area contributed by atoms with Gasteiger partial charge in [-0.25, -0.2) is 4.98 Å². The summed E-state index contributed by atoms with van der Waals surface area (Å²) in [6.45, 7) is 2.51. The number of benzene rings is 1. The number of aliphatic hydroxyl groups is 1. The van der Waals surface area contributed by atoms with E-state index in [9.17, 15) is 5.11 Å². The number of aliphatic hydroxyl groups excluding tert-OH is 1. The summed E-state index contributed by atoms with van der Waals surface area (Å²) in [6.07, 6.45) is 2.40. The fraction of sp³-hybridized carbons (Fsp3) is 0.400. The molecule has 0 spiro atoms. The van der Waals surface area contributed by atoms with Crippen LogP contribution in [0.3, 0.4) is 0 Å². The highest BCUT2D eigenvalue weighted by Crippen LogP contribution is 2.36. The van der Waals surface area contributed by atoms with Crippen LogP contribution in [0, 0.1) is 6.92 Å². The third-order valence-corrected chi connectivity index (χ3v) is 4.02. The zero-order chi connectivity index (χ0) is 14.4. The van der Waals surface area contributed by atoms with Gasteiger partial charge >= 0.3 is 0 Å². The molecule has 1 saturated carbocycles. The van der Waals surface area contributed by atoms with Crippen molar-refractivity contribution >= 4 is 11.0 Å². The van der Waals surface area contributed by atoms with Crippen molar-refractivity contribution in [2.75, 3.05) is 0 Å². The highest BCUT2D eigenvalue weighted by atomic mass is 16.3. The Labute approximate surface area is 122 Å². The summed E-state index contributed by atoms with van der Waals surface area (Å²) in [5, 5.41) is 18.1. The first-order valence-corrected chi connectivity index (χ1v) is 7.23. The second-order valence-corrected chi connectivity index (χ2v) is 5.53. The lowest BCUT2D eigenvalue weighted by atomic mass is 10.3.